The third kappa shape index (κ3) is 4.22. The van der Waals surface area contributed by atoms with Crippen molar-refractivity contribution in [1.82, 2.24) is 14.9 Å². The smallest absolute Gasteiger partial charge is 0.254 e. The number of carbonyl (C=O) groups is 1. The van der Waals surface area contributed by atoms with E-state index in [0.717, 1.165) is 23.2 Å². The third-order valence-corrected chi connectivity index (χ3v) is 5.23. The molecule has 0 spiro atoms. The third-order valence-electron chi connectivity index (χ3n) is 5.23. The van der Waals surface area contributed by atoms with Crippen molar-refractivity contribution in [3.8, 4) is 11.1 Å². The number of rotatable bonds is 6. The Balaban J connectivity index is 1.53. The molecule has 1 aromatic heterocycles. The van der Waals surface area contributed by atoms with Gasteiger partial charge in [-0.1, -0.05) is 48.9 Å². The fourth-order valence-electron chi connectivity index (χ4n) is 3.45. The van der Waals surface area contributed by atoms with Crippen LogP contribution in [0.5, 0.6) is 0 Å². The molecule has 1 heterocycles. The van der Waals surface area contributed by atoms with Crippen LogP contribution < -0.4 is 0 Å². The highest BCUT2D eigenvalue weighted by Crippen LogP contribution is 2.28. The summed E-state index contributed by atoms with van der Waals surface area (Å²) in [7, 11) is 0. The first-order valence-electron chi connectivity index (χ1n) is 9.48. The Labute approximate surface area is 159 Å². The van der Waals surface area contributed by atoms with Gasteiger partial charge in [-0.3, -0.25) is 4.79 Å². The molecule has 4 nitrogen and oxygen atoms in total. The standard InChI is InChI=1S/C23H23N3O/c27-23(21-11-9-20(10-12-21)22-13-24-17-25-14-22)26(16-19-7-4-8-19)15-18-5-2-1-3-6-18/h1-3,5-6,9-14,17,19H,4,7-8,15-16H2. The SMILES string of the molecule is O=C(c1ccc(-c2cncnc2)cc1)N(Cc1ccccc1)CC1CCC1. The molecule has 136 valence electrons. The van der Waals surface area contributed by atoms with Gasteiger partial charge >= 0.3 is 0 Å². The Morgan fingerprint density at radius 2 is 1.63 bits per heavy atom. The Bertz CT molecular complexity index is 875. The van der Waals surface area contributed by atoms with Crippen molar-refractivity contribution in [3.05, 3.63) is 84.4 Å². The van der Waals surface area contributed by atoms with Gasteiger partial charge in [-0.25, -0.2) is 9.97 Å². The summed E-state index contributed by atoms with van der Waals surface area (Å²) in [5.41, 5.74) is 3.86. The highest BCUT2D eigenvalue weighted by Gasteiger charge is 2.24. The van der Waals surface area contributed by atoms with E-state index in [1.165, 1.54) is 31.2 Å². The number of hydrogen-bond donors (Lipinski definition) is 0. The van der Waals surface area contributed by atoms with Gasteiger partial charge in [0.05, 0.1) is 0 Å². The molecule has 2 aromatic carbocycles. The van der Waals surface area contributed by atoms with Gasteiger partial charge in [0.15, 0.2) is 0 Å². The first kappa shape index (κ1) is 17.4. The van der Waals surface area contributed by atoms with Crippen LogP contribution in [0.4, 0.5) is 0 Å². The fraction of sp³-hybridized carbons (Fsp3) is 0.261. The van der Waals surface area contributed by atoms with Crippen molar-refractivity contribution in [2.75, 3.05) is 6.54 Å². The minimum Gasteiger partial charge on any atom is -0.334 e. The zero-order valence-corrected chi connectivity index (χ0v) is 15.3. The van der Waals surface area contributed by atoms with E-state index in [1.54, 1.807) is 12.4 Å². The van der Waals surface area contributed by atoms with Crippen LogP contribution in [0.25, 0.3) is 11.1 Å². The van der Waals surface area contributed by atoms with Crippen molar-refractivity contribution < 1.29 is 4.79 Å². The van der Waals surface area contributed by atoms with Crippen LogP contribution in [0, 0.1) is 5.92 Å². The molecule has 4 heteroatoms. The summed E-state index contributed by atoms with van der Waals surface area (Å²) in [5, 5.41) is 0. The maximum absolute atomic E-state index is 13.2. The molecule has 1 fully saturated rings. The second kappa shape index (κ2) is 8.12. The van der Waals surface area contributed by atoms with Crippen molar-refractivity contribution in [1.29, 1.82) is 0 Å². The zero-order valence-electron chi connectivity index (χ0n) is 15.3. The number of hydrogen-bond acceptors (Lipinski definition) is 3. The van der Waals surface area contributed by atoms with Crippen molar-refractivity contribution >= 4 is 5.91 Å². The van der Waals surface area contributed by atoms with Gasteiger partial charge in [0.2, 0.25) is 0 Å². The van der Waals surface area contributed by atoms with Gasteiger partial charge in [-0.15, -0.1) is 0 Å². The van der Waals surface area contributed by atoms with Crippen LogP contribution in [0.2, 0.25) is 0 Å². The van der Waals surface area contributed by atoms with Gasteiger partial charge in [0.25, 0.3) is 5.91 Å². The molecule has 0 atom stereocenters. The molecule has 3 aromatic rings. The maximum Gasteiger partial charge on any atom is 0.254 e. The fourth-order valence-corrected chi connectivity index (χ4v) is 3.45. The lowest BCUT2D eigenvalue weighted by Crippen LogP contribution is -2.37. The van der Waals surface area contributed by atoms with Crippen molar-refractivity contribution in [2.45, 2.75) is 25.8 Å². The van der Waals surface area contributed by atoms with E-state index < -0.39 is 0 Å². The van der Waals surface area contributed by atoms with Crippen LogP contribution in [0.1, 0.15) is 35.2 Å². The predicted octanol–water partition coefficient (Wildman–Crippen LogP) is 4.59. The van der Waals surface area contributed by atoms with E-state index in [0.29, 0.717) is 12.5 Å². The molecule has 27 heavy (non-hydrogen) atoms. The summed E-state index contributed by atoms with van der Waals surface area (Å²) < 4.78 is 0. The normalized spacial score (nSPS) is 13.8. The Morgan fingerprint density at radius 1 is 0.926 bits per heavy atom. The average Bonchev–Trinajstić information content (AvgIpc) is 2.71. The molecule has 0 N–H and O–H groups in total. The second-order valence-corrected chi connectivity index (χ2v) is 7.17. The van der Waals surface area contributed by atoms with Crippen LogP contribution in [0.15, 0.2) is 73.3 Å². The zero-order chi connectivity index (χ0) is 18.5. The molecule has 4 rings (SSSR count). The molecule has 0 bridgehead atoms. The number of amides is 1. The molecule has 0 aliphatic heterocycles. The molecule has 1 aliphatic rings. The highest BCUT2D eigenvalue weighted by molar-refractivity contribution is 5.94. The maximum atomic E-state index is 13.2. The van der Waals surface area contributed by atoms with E-state index in [2.05, 4.69) is 22.1 Å². The topological polar surface area (TPSA) is 46.1 Å². The number of benzene rings is 2. The Hall–Kier alpha value is -3.01. The molecule has 0 saturated heterocycles. The molecule has 1 amide bonds. The second-order valence-electron chi connectivity index (χ2n) is 7.17. The average molecular weight is 357 g/mol. The summed E-state index contributed by atoms with van der Waals surface area (Å²) in [4.78, 5) is 23.3. The van der Waals surface area contributed by atoms with Crippen LogP contribution in [-0.4, -0.2) is 27.3 Å². The lowest BCUT2D eigenvalue weighted by Gasteiger charge is -2.32. The van der Waals surface area contributed by atoms with Crippen LogP contribution in [-0.2, 0) is 6.54 Å². The molecular formula is C23H23N3O. The van der Waals surface area contributed by atoms with E-state index in [4.69, 9.17) is 0 Å². The number of aromatic nitrogens is 2. The lowest BCUT2D eigenvalue weighted by molar-refractivity contribution is 0.0679. The van der Waals surface area contributed by atoms with E-state index in [1.807, 2.05) is 47.4 Å². The van der Waals surface area contributed by atoms with Crippen molar-refractivity contribution in [2.24, 2.45) is 5.92 Å². The van der Waals surface area contributed by atoms with E-state index in [-0.39, 0.29) is 5.91 Å². The summed E-state index contributed by atoms with van der Waals surface area (Å²) >= 11 is 0. The summed E-state index contributed by atoms with van der Waals surface area (Å²) in [5.74, 6) is 0.736. The van der Waals surface area contributed by atoms with E-state index >= 15 is 0 Å². The minimum absolute atomic E-state index is 0.0987. The van der Waals surface area contributed by atoms with Gasteiger partial charge in [0.1, 0.15) is 6.33 Å². The Morgan fingerprint density at radius 3 is 2.26 bits per heavy atom. The van der Waals surface area contributed by atoms with Crippen LogP contribution in [0.3, 0.4) is 0 Å². The first-order chi connectivity index (χ1) is 13.3. The lowest BCUT2D eigenvalue weighted by atomic mass is 9.85. The quantitative estimate of drug-likeness (QED) is 0.648. The Kier molecular flexibility index (Phi) is 5.24. The summed E-state index contributed by atoms with van der Waals surface area (Å²) in [6, 6.07) is 18.0. The molecule has 1 aliphatic carbocycles. The van der Waals surface area contributed by atoms with Crippen LogP contribution >= 0.6 is 0 Å². The molecular weight excluding hydrogens is 334 g/mol. The minimum atomic E-state index is 0.0987. The predicted molar refractivity (Wildman–Crippen MR) is 106 cm³/mol. The summed E-state index contributed by atoms with van der Waals surface area (Å²) in [6.07, 6.45) is 8.82. The van der Waals surface area contributed by atoms with E-state index in [9.17, 15) is 4.79 Å². The van der Waals surface area contributed by atoms with Crippen molar-refractivity contribution in [3.63, 3.8) is 0 Å². The number of carbonyl (C=O) groups excluding carboxylic acids is 1. The highest BCUT2D eigenvalue weighted by atomic mass is 16.2. The summed E-state index contributed by atoms with van der Waals surface area (Å²) in [6.45, 7) is 1.49. The van der Waals surface area contributed by atoms with Gasteiger partial charge in [-0.05, 0) is 42.0 Å². The molecule has 1 saturated carbocycles. The van der Waals surface area contributed by atoms with Gasteiger partial charge in [-0.2, -0.15) is 0 Å². The first-order valence-corrected chi connectivity index (χ1v) is 9.48. The van der Waals surface area contributed by atoms with Gasteiger partial charge in [0, 0.05) is 36.6 Å². The largest absolute Gasteiger partial charge is 0.334 e. The monoisotopic (exact) mass is 357 g/mol. The molecule has 0 radical (unpaired) electrons. The molecule has 0 unspecified atom stereocenters. The number of nitrogens with zero attached hydrogens (tertiary/aromatic N) is 3. The van der Waals surface area contributed by atoms with Gasteiger partial charge < -0.3 is 4.90 Å².